The van der Waals surface area contributed by atoms with Gasteiger partial charge in [0.1, 0.15) is 0 Å². The summed E-state index contributed by atoms with van der Waals surface area (Å²) in [6.45, 7) is 11.6. The summed E-state index contributed by atoms with van der Waals surface area (Å²) in [4.78, 5) is 11.3. The Labute approximate surface area is 74.9 Å². The van der Waals surface area contributed by atoms with E-state index in [9.17, 15) is 4.79 Å². The fraction of sp³-hybridized carbons (Fsp3) is 0.889. The minimum Gasteiger partial charge on any atom is -0.291 e. The van der Waals surface area contributed by atoms with E-state index in [4.69, 9.17) is 0 Å². The summed E-state index contributed by atoms with van der Waals surface area (Å²) in [5, 5.41) is 0. The van der Waals surface area contributed by atoms with Crippen LogP contribution in [0.3, 0.4) is 0 Å². The molecule has 0 aromatic heterocycles. The number of hydrogen-bond donors (Lipinski definition) is 2. The summed E-state index contributed by atoms with van der Waals surface area (Å²) in [5.41, 5.74) is 5.18. The van der Waals surface area contributed by atoms with Crippen molar-refractivity contribution < 1.29 is 4.79 Å². The topological polar surface area (TPSA) is 41.1 Å². The summed E-state index contributed by atoms with van der Waals surface area (Å²) < 4.78 is 0. The van der Waals surface area contributed by atoms with E-state index in [1.54, 1.807) is 0 Å². The average Bonchev–Trinajstić information content (AvgIpc) is 1.78. The van der Waals surface area contributed by atoms with Crippen molar-refractivity contribution in [2.45, 2.75) is 47.1 Å². The Kier molecular flexibility index (Phi) is 3.27. The number of nitrogens with one attached hydrogen (secondary N) is 2. The molecule has 3 heteroatoms. The van der Waals surface area contributed by atoms with E-state index < -0.39 is 0 Å². The number of rotatable bonds is 1. The van der Waals surface area contributed by atoms with Gasteiger partial charge in [-0.15, -0.1) is 0 Å². The van der Waals surface area contributed by atoms with Gasteiger partial charge in [-0.05, 0) is 20.8 Å². The summed E-state index contributed by atoms with van der Waals surface area (Å²) in [7, 11) is 0. The van der Waals surface area contributed by atoms with Gasteiger partial charge in [-0.1, -0.05) is 20.8 Å². The van der Waals surface area contributed by atoms with Crippen LogP contribution in [-0.2, 0) is 4.79 Å². The zero-order valence-electron chi connectivity index (χ0n) is 8.91. The normalized spacial score (nSPS) is 12.8. The van der Waals surface area contributed by atoms with Gasteiger partial charge >= 0.3 is 0 Å². The molecule has 0 radical (unpaired) electrons. The van der Waals surface area contributed by atoms with Crippen molar-refractivity contribution in [1.82, 2.24) is 10.9 Å². The van der Waals surface area contributed by atoms with Crippen molar-refractivity contribution in [2.75, 3.05) is 0 Å². The monoisotopic (exact) mass is 172 g/mol. The predicted molar refractivity (Wildman–Crippen MR) is 50.5 cm³/mol. The highest BCUT2D eigenvalue weighted by Gasteiger charge is 2.22. The molecule has 0 bridgehead atoms. The molecule has 0 aliphatic rings. The quantitative estimate of drug-likeness (QED) is 0.588. The molecule has 0 spiro atoms. The minimum absolute atomic E-state index is 0.0115. The van der Waals surface area contributed by atoms with E-state index in [1.807, 2.05) is 41.5 Å². The van der Waals surface area contributed by atoms with E-state index in [0.717, 1.165) is 0 Å². The summed E-state index contributed by atoms with van der Waals surface area (Å²) in [5.74, 6) is 0.0115. The van der Waals surface area contributed by atoms with Crippen molar-refractivity contribution in [3.8, 4) is 0 Å². The molecule has 0 saturated heterocycles. The highest BCUT2D eigenvalue weighted by molar-refractivity contribution is 5.80. The lowest BCUT2D eigenvalue weighted by Gasteiger charge is -2.25. The molecule has 12 heavy (non-hydrogen) atoms. The Hall–Kier alpha value is -0.570. The molecule has 0 aliphatic heterocycles. The molecule has 0 aromatic carbocycles. The Balaban J connectivity index is 3.90. The molecule has 1 amide bonds. The van der Waals surface area contributed by atoms with Gasteiger partial charge in [-0.3, -0.25) is 10.2 Å². The van der Waals surface area contributed by atoms with Crippen molar-refractivity contribution in [2.24, 2.45) is 5.41 Å². The van der Waals surface area contributed by atoms with Gasteiger partial charge in [-0.2, -0.15) is 0 Å². The molecule has 0 aliphatic carbocycles. The molecule has 0 saturated carbocycles. The van der Waals surface area contributed by atoms with Gasteiger partial charge in [0.2, 0.25) is 5.91 Å². The SMILES string of the molecule is CC(C)(C)NNC(=O)C(C)(C)C. The van der Waals surface area contributed by atoms with Gasteiger partial charge in [0.25, 0.3) is 0 Å². The molecule has 0 rings (SSSR count). The van der Waals surface area contributed by atoms with E-state index in [2.05, 4.69) is 10.9 Å². The molecule has 0 unspecified atom stereocenters. The Bertz CT molecular complexity index is 162. The third-order valence-corrected chi connectivity index (χ3v) is 1.23. The maximum absolute atomic E-state index is 11.3. The first-order valence-corrected chi connectivity index (χ1v) is 4.20. The van der Waals surface area contributed by atoms with E-state index in [-0.39, 0.29) is 16.9 Å². The van der Waals surface area contributed by atoms with Gasteiger partial charge in [0.15, 0.2) is 0 Å². The molecule has 2 N–H and O–H groups in total. The van der Waals surface area contributed by atoms with Gasteiger partial charge in [0.05, 0.1) is 0 Å². The number of hydrazine groups is 1. The fourth-order valence-corrected chi connectivity index (χ4v) is 0.432. The third kappa shape index (κ3) is 5.13. The van der Waals surface area contributed by atoms with Crippen LogP contribution >= 0.6 is 0 Å². The van der Waals surface area contributed by atoms with Crippen molar-refractivity contribution in [3.05, 3.63) is 0 Å². The zero-order valence-corrected chi connectivity index (χ0v) is 8.91. The molecule has 0 aromatic rings. The van der Waals surface area contributed by atoms with Gasteiger partial charge < -0.3 is 0 Å². The van der Waals surface area contributed by atoms with Crippen LogP contribution in [0.25, 0.3) is 0 Å². The van der Waals surface area contributed by atoms with E-state index >= 15 is 0 Å². The summed E-state index contributed by atoms with van der Waals surface area (Å²) in [6.07, 6.45) is 0. The first-order valence-electron chi connectivity index (χ1n) is 4.20. The predicted octanol–water partition coefficient (Wildman–Crippen LogP) is 1.45. The van der Waals surface area contributed by atoms with Gasteiger partial charge in [-0.25, -0.2) is 5.43 Å². The maximum atomic E-state index is 11.3. The summed E-state index contributed by atoms with van der Waals surface area (Å²) >= 11 is 0. The lowest BCUT2D eigenvalue weighted by atomic mass is 9.96. The average molecular weight is 172 g/mol. The molecule has 3 nitrogen and oxygen atoms in total. The van der Waals surface area contributed by atoms with Gasteiger partial charge in [0, 0.05) is 11.0 Å². The molecular formula is C9H20N2O. The molecule has 0 heterocycles. The lowest BCUT2D eigenvalue weighted by molar-refractivity contribution is -0.130. The van der Waals surface area contributed by atoms with Crippen LogP contribution in [-0.4, -0.2) is 11.4 Å². The lowest BCUT2D eigenvalue weighted by Crippen LogP contribution is -2.51. The van der Waals surface area contributed by atoms with E-state index in [1.165, 1.54) is 0 Å². The van der Waals surface area contributed by atoms with Crippen LogP contribution < -0.4 is 10.9 Å². The van der Waals surface area contributed by atoms with Crippen molar-refractivity contribution >= 4 is 5.91 Å². The van der Waals surface area contributed by atoms with Crippen LogP contribution in [0.1, 0.15) is 41.5 Å². The number of amides is 1. The maximum Gasteiger partial charge on any atom is 0.239 e. The molecule has 0 atom stereocenters. The zero-order chi connectivity index (χ0) is 9.99. The smallest absolute Gasteiger partial charge is 0.239 e. The van der Waals surface area contributed by atoms with Crippen LogP contribution in [0.2, 0.25) is 0 Å². The molecule has 0 fully saturated rings. The third-order valence-electron chi connectivity index (χ3n) is 1.23. The number of carbonyl (C=O) groups is 1. The second-order valence-corrected chi connectivity index (χ2v) is 5.08. The second-order valence-electron chi connectivity index (χ2n) is 5.08. The Morgan fingerprint density at radius 2 is 1.42 bits per heavy atom. The largest absolute Gasteiger partial charge is 0.291 e. The van der Waals surface area contributed by atoms with Crippen LogP contribution in [0.15, 0.2) is 0 Å². The molecule has 72 valence electrons. The highest BCUT2D eigenvalue weighted by Crippen LogP contribution is 2.12. The minimum atomic E-state index is -0.335. The highest BCUT2D eigenvalue weighted by atomic mass is 16.2. The second kappa shape index (κ2) is 3.44. The van der Waals surface area contributed by atoms with Crippen LogP contribution in [0.4, 0.5) is 0 Å². The number of carbonyl (C=O) groups excluding carboxylic acids is 1. The molecular weight excluding hydrogens is 152 g/mol. The standard InChI is InChI=1S/C9H20N2O/c1-8(2,3)7(12)10-11-9(4,5)6/h11H,1-6H3,(H,10,12). The Morgan fingerprint density at radius 1 is 1.00 bits per heavy atom. The number of hydrogen-bond acceptors (Lipinski definition) is 2. The first kappa shape index (κ1) is 11.4. The van der Waals surface area contributed by atoms with E-state index in [0.29, 0.717) is 0 Å². The van der Waals surface area contributed by atoms with Crippen LogP contribution in [0.5, 0.6) is 0 Å². The summed E-state index contributed by atoms with van der Waals surface area (Å²) in [6, 6.07) is 0. The first-order chi connectivity index (χ1) is 5.13. The van der Waals surface area contributed by atoms with Crippen LogP contribution in [0, 0.1) is 5.41 Å². The van der Waals surface area contributed by atoms with Crippen molar-refractivity contribution in [1.29, 1.82) is 0 Å². The van der Waals surface area contributed by atoms with Crippen molar-refractivity contribution in [3.63, 3.8) is 0 Å². The fourth-order valence-electron chi connectivity index (χ4n) is 0.432. The Morgan fingerprint density at radius 3 is 1.67 bits per heavy atom.